The lowest BCUT2D eigenvalue weighted by molar-refractivity contribution is -0.149. The van der Waals surface area contributed by atoms with Crippen LogP contribution in [0.15, 0.2) is 53.4 Å². The van der Waals surface area contributed by atoms with Crippen LogP contribution < -0.4 is 15.2 Å². The van der Waals surface area contributed by atoms with Gasteiger partial charge in [0.2, 0.25) is 10.0 Å². The van der Waals surface area contributed by atoms with Crippen molar-refractivity contribution in [2.24, 2.45) is 5.14 Å². The van der Waals surface area contributed by atoms with E-state index >= 15 is 0 Å². The molecule has 0 unspecified atom stereocenters. The Labute approximate surface area is 170 Å². The summed E-state index contributed by atoms with van der Waals surface area (Å²) >= 11 is 0. The first-order chi connectivity index (χ1) is 13.5. The van der Waals surface area contributed by atoms with Crippen molar-refractivity contribution >= 4 is 27.6 Å². The highest BCUT2D eigenvalue weighted by atomic mass is 32.2. The number of esters is 1. The van der Waals surface area contributed by atoms with E-state index in [1.807, 2.05) is 39.0 Å². The minimum atomic E-state index is -3.81. The third-order valence-electron chi connectivity index (χ3n) is 3.87. The molecule has 156 valence electrons. The molecular formula is C20H24N2O6S. The molecule has 29 heavy (non-hydrogen) atoms. The van der Waals surface area contributed by atoms with Gasteiger partial charge in [0.25, 0.3) is 5.91 Å². The van der Waals surface area contributed by atoms with Crippen LogP contribution in [0.3, 0.4) is 0 Å². The zero-order valence-electron chi connectivity index (χ0n) is 16.5. The van der Waals surface area contributed by atoms with Crippen molar-refractivity contribution in [2.45, 2.75) is 31.1 Å². The number of nitrogens with two attached hydrogens (primary N) is 1. The summed E-state index contributed by atoms with van der Waals surface area (Å²) in [5, 5.41) is 7.49. The number of hydrogen-bond acceptors (Lipinski definition) is 6. The van der Waals surface area contributed by atoms with E-state index in [0.29, 0.717) is 11.4 Å². The molecule has 1 amide bonds. The lowest BCUT2D eigenvalue weighted by Crippen LogP contribution is -2.24. The monoisotopic (exact) mass is 420 g/mol. The summed E-state index contributed by atoms with van der Waals surface area (Å²) in [6.45, 7) is 5.28. The molecule has 0 radical (unpaired) electrons. The number of benzene rings is 2. The van der Waals surface area contributed by atoms with Gasteiger partial charge in [0.1, 0.15) is 5.75 Å². The second-order valence-electron chi connectivity index (χ2n) is 7.31. The van der Waals surface area contributed by atoms with E-state index in [-0.39, 0.29) is 16.9 Å². The van der Waals surface area contributed by atoms with Gasteiger partial charge in [-0.15, -0.1) is 0 Å². The number of carbonyl (C=O) groups is 2. The Kier molecular flexibility index (Phi) is 6.99. The Balaban J connectivity index is 1.83. The highest BCUT2D eigenvalue weighted by molar-refractivity contribution is 7.89. The summed E-state index contributed by atoms with van der Waals surface area (Å²) in [6.07, 6.45) is 0. The summed E-state index contributed by atoms with van der Waals surface area (Å²) in [6, 6.07) is 12.7. The fourth-order valence-corrected chi connectivity index (χ4v) is 2.98. The minimum absolute atomic E-state index is 0.0744. The number of amides is 1. The van der Waals surface area contributed by atoms with E-state index in [2.05, 4.69) is 5.32 Å². The molecule has 0 saturated heterocycles. The zero-order chi connectivity index (χ0) is 21.7. The van der Waals surface area contributed by atoms with Crippen LogP contribution in [0.4, 0.5) is 5.69 Å². The van der Waals surface area contributed by atoms with Crippen molar-refractivity contribution in [1.29, 1.82) is 0 Å². The Morgan fingerprint density at radius 1 is 1.00 bits per heavy atom. The standard InChI is InChI=1S/C20H24N2O6S/c1-20(2,3)16-6-4-5-7-17(16)27-13-19(24)28-12-18(23)22-14-8-10-15(11-9-14)29(21,25)26/h4-11H,12-13H2,1-3H3,(H,22,23)(H2,21,25,26). The molecule has 9 heteroatoms. The maximum Gasteiger partial charge on any atom is 0.344 e. The smallest absolute Gasteiger partial charge is 0.344 e. The van der Waals surface area contributed by atoms with E-state index in [1.165, 1.54) is 24.3 Å². The van der Waals surface area contributed by atoms with Crippen LogP contribution in [0.2, 0.25) is 0 Å². The maximum atomic E-state index is 11.9. The van der Waals surface area contributed by atoms with Gasteiger partial charge in [0.15, 0.2) is 13.2 Å². The van der Waals surface area contributed by atoms with Crippen molar-refractivity contribution in [2.75, 3.05) is 18.5 Å². The highest BCUT2D eigenvalue weighted by Gasteiger charge is 2.19. The first-order valence-corrected chi connectivity index (χ1v) is 10.3. The summed E-state index contributed by atoms with van der Waals surface area (Å²) in [5.41, 5.74) is 1.14. The Hall–Kier alpha value is -2.91. The van der Waals surface area contributed by atoms with Crippen LogP contribution in [0.25, 0.3) is 0 Å². The number of ether oxygens (including phenoxy) is 2. The predicted molar refractivity (Wildman–Crippen MR) is 108 cm³/mol. The number of nitrogens with one attached hydrogen (secondary N) is 1. The van der Waals surface area contributed by atoms with Gasteiger partial charge in [-0.2, -0.15) is 0 Å². The van der Waals surface area contributed by atoms with Gasteiger partial charge in [0.05, 0.1) is 4.90 Å². The van der Waals surface area contributed by atoms with Crippen molar-refractivity contribution in [3.05, 3.63) is 54.1 Å². The molecule has 3 N–H and O–H groups in total. The molecule has 0 aliphatic carbocycles. The Bertz CT molecular complexity index is 979. The second kappa shape index (κ2) is 9.06. The lowest BCUT2D eigenvalue weighted by Gasteiger charge is -2.22. The van der Waals surface area contributed by atoms with E-state index in [4.69, 9.17) is 14.6 Å². The summed E-state index contributed by atoms with van der Waals surface area (Å²) in [7, 11) is -3.81. The molecule has 0 aliphatic rings. The topological polar surface area (TPSA) is 125 Å². The molecule has 2 aromatic rings. The van der Waals surface area contributed by atoms with Crippen LogP contribution in [0.1, 0.15) is 26.3 Å². The molecule has 0 bridgehead atoms. The van der Waals surface area contributed by atoms with Gasteiger partial charge in [0, 0.05) is 5.69 Å². The van der Waals surface area contributed by atoms with E-state index in [0.717, 1.165) is 5.56 Å². The quantitative estimate of drug-likeness (QED) is 0.662. The molecule has 0 saturated carbocycles. The molecule has 0 spiro atoms. The van der Waals surface area contributed by atoms with Crippen LogP contribution in [-0.2, 0) is 29.8 Å². The number of hydrogen-bond donors (Lipinski definition) is 2. The minimum Gasteiger partial charge on any atom is -0.482 e. The largest absolute Gasteiger partial charge is 0.482 e. The number of rotatable bonds is 7. The Morgan fingerprint density at radius 2 is 1.62 bits per heavy atom. The van der Waals surface area contributed by atoms with E-state index in [1.54, 1.807) is 6.07 Å². The third kappa shape index (κ3) is 6.88. The normalized spacial score (nSPS) is 11.6. The molecule has 2 aromatic carbocycles. The number of carbonyl (C=O) groups excluding carboxylic acids is 2. The van der Waals surface area contributed by atoms with Crippen molar-refractivity contribution in [3.63, 3.8) is 0 Å². The average Bonchev–Trinajstić information content (AvgIpc) is 2.64. The maximum absolute atomic E-state index is 11.9. The highest BCUT2D eigenvalue weighted by Crippen LogP contribution is 2.30. The van der Waals surface area contributed by atoms with E-state index < -0.39 is 28.5 Å². The number of primary sulfonamides is 1. The van der Waals surface area contributed by atoms with Gasteiger partial charge in [-0.3, -0.25) is 4.79 Å². The van der Waals surface area contributed by atoms with Gasteiger partial charge >= 0.3 is 5.97 Å². The van der Waals surface area contributed by atoms with Crippen LogP contribution in [0, 0.1) is 0 Å². The van der Waals surface area contributed by atoms with Gasteiger partial charge in [-0.1, -0.05) is 39.0 Å². The number of sulfonamides is 1. The third-order valence-corrected chi connectivity index (χ3v) is 4.80. The SMILES string of the molecule is CC(C)(C)c1ccccc1OCC(=O)OCC(=O)Nc1ccc(S(N)(=O)=O)cc1. The van der Waals surface area contributed by atoms with Gasteiger partial charge in [-0.25, -0.2) is 18.4 Å². The molecule has 0 aliphatic heterocycles. The summed E-state index contributed by atoms with van der Waals surface area (Å²) < 4.78 is 32.9. The molecule has 0 heterocycles. The van der Waals surface area contributed by atoms with Crippen molar-refractivity contribution in [1.82, 2.24) is 0 Å². The fraction of sp³-hybridized carbons (Fsp3) is 0.300. The van der Waals surface area contributed by atoms with Crippen LogP contribution in [0.5, 0.6) is 5.75 Å². The summed E-state index contributed by atoms with van der Waals surface area (Å²) in [5.74, 6) is -0.679. The molecular weight excluding hydrogens is 396 g/mol. The van der Waals surface area contributed by atoms with Crippen molar-refractivity contribution in [3.8, 4) is 5.75 Å². The van der Waals surface area contributed by atoms with Crippen LogP contribution >= 0.6 is 0 Å². The zero-order valence-corrected chi connectivity index (χ0v) is 17.3. The molecule has 0 aromatic heterocycles. The fourth-order valence-electron chi connectivity index (χ4n) is 2.46. The molecule has 0 fully saturated rings. The summed E-state index contributed by atoms with van der Waals surface area (Å²) in [4.78, 5) is 23.7. The average molecular weight is 420 g/mol. The second-order valence-corrected chi connectivity index (χ2v) is 8.87. The number of anilines is 1. The first kappa shape index (κ1) is 22.4. The molecule has 8 nitrogen and oxygen atoms in total. The lowest BCUT2D eigenvalue weighted by atomic mass is 9.86. The molecule has 2 rings (SSSR count). The first-order valence-electron chi connectivity index (χ1n) is 8.77. The van der Waals surface area contributed by atoms with Crippen LogP contribution in [-0.4, -0.2) is 33.5 Å². The van der Waals surface area contributed by atoms with Crippen molar-refractivity contribution < 1.29 is 27.5 Å². The Morgan fingerprint density at radius 3 is 2.21 bits per heavy atom. The molecule has 0 atom stereocenters. The van der Waals surface area contributed by atoms with Gasteiger partial charge in [-0.05, 0) is 41.3 Å². The predicted octanol–water partition coefficient (Wildman–Crippen LogP) is 2.19. The van der Waals surface area contributed by atoms with Gasteiger partial charge < -0.3 is 14.8 Å². The van der Waals surface area contributed by atoms with E-state index in [9.17, 15) is 18.0 Å². The number of para-hydroxylation sites is 1.